The minimum atomic E-state index is 0.0894. The van der Waals surface area contributed by atoms with Crippen molar-refractivity contribution in [3.8, 4) is 5.75 Å². The minimum Gasteiger partial charge on any atom is -0.508 e. The van der Waals surface area contributed by atoms with E-state index >= 15 is 0 Å². The van der Waals surface area contributed by atoms with Gasteiger partial charge in [-0.25, -0.2) is 0 Å². The average Bonchev–Trinajstić information content (AvgIpc) is 2.51. The molecule has 1 N–H and O–H groups in total. The Labute approximate surface area is 141 Å². The normalized spacial score (nSPS) is 19.1. The van der Waals surface area contributed by atoms with Crippen LogP contribution in [0.3, 0.4) is 0 Å². The highest BCUT2D eigenvalue weighted by molar-refractivity contribution is 5.80. The predicted molar refractivity (Wildman–Crippen MR) is 96.1 cm³/mol. The molecule has 0 spiro atoms. The zero-order valence-corrected chi connectivity index (χ0v) is 15.0. The molecular formula is C21H32O2. The van der Waals surface area contributed by atoms with Crippen molar-refractivity contribution in [1.82, 2.24) is 0 Å². The lowest BCUT2D eigenvalue weighted by molar-refractivity contribution is -0.120. The molecule has 1 saturated carbocycles. The van der Waals surface area contributed by atoms with Gasteiger partial charge in [0.1, 0.15) is 11.5 Å². The first-order valence-electron chi connectivity index (χ1n) is 9.29. The number of ketones is 1. The summed E-state index contributed by atoms with van der Waals surface area (Å²) in [5.74, 6) is 0.919. The zero-order chi connectivity index (χ0) is 16.9. The zero-order valence-electron chi connectivity index (χ0n) is 15.0. The minimum absolute atomic E-state index is 0.0894. The summed E-state index contributed by atoms with van der Waals surface area (Å²) in [6.07, 6.45) is 9.49. The van der Waals surface area contributed by atoms with Crippen LogP contribution in [0.5, 0.6) is 5.75 Å². The first-order chi connectivity index (χ1) is 10.9. The van der Waals surface area contributed by atoms with Gasteiger partial charge < -0.3 is 5.11 Å². The van der Waals surface area contributed by atoms with Gasteiger partial charge in [-0.1, -0.05) is 58.6 Å². The number of Topliss-reactive ketones (excluding diaryl/α,β-unsaturated/α-hetero) is 1. The summed E-state index contributed by atoms with van der Waals surface area (Å²) in [5.41, 5.74) is 2.26. The number of rotatable bonds is 7. The van der Waals surface area contributed by atoms with Crippen molar-refractivity contribution in [3.63, 3.8) is 0 Å². The van der Waals surface area contributed by atoms with Crippen LogP contribution in [0.15, 0.2) is 18.2 Å². The van der Waals surface area contributed by atoms with Gasteiger partial charge in [-0.15, -0.1) is 0 Å². The number of hydrogen-bond donors (Lipinski definition) is 1. The Morgan fingerprint density at radius 1 is 1.22 bits per heavy atom. The maximum Gasteiger partial charge on any atom is 0.133 e. The molecule has 1 aliphatic rings. The van der Waals surface area contributed by atoms with Crippen LogP contribution in [-0.4, -0.2) is 10.9 Å². The second-order valence-electron chi connectivity index (χ2n) is 7.80. The Kier molecular flexibility index (Phi) is 6.26. The summed E-state index contributed by atoms with van der Waals surface area (Å²) in [4.78, 5) is 11.7. The fourth-order valence-corrected chi connectivity index (χ4v) is 3.74. The molecule has 0 bridgehead atoms. The lowest BCUT2D eigenvalue weighted by atomic mass is 9.77. The van der Waals surface area contributed by atoms with Gasteiger partial charge in [-0.3, -0.25) is 4.79 Å². The van der Waals surface area contributed by atoms with E-state index in [4.69, 9.17) is 0 Å². The van der Waals surface area contributed by atoms with E-state index in [0.717, 1.165) is 24.8 Å². The van der Waals surface area contributed by atoms with E-state index in [2.05, 4.69) is 32.9 Å². The number of carbonyl (C=O) groups is 1. The highest BCUT2D eigenvalue weighted by Crippen LogP contribution is 2.39. The van der Waals surface area contributed by atoms with E-state index in [0.29, 0.717) is 24.4 Å². The van der Waals surface area contributed by atoms with E-state index < -0.39 is 0 Å². The Morgan fingerprint density at radius 2 is 2.00 bits per heavy atom. The Bertz CT molecular complexity index is 531. The van der Waals surface area contributed by atoms with Crippen LogP contribution in [0.1, 0.15) is 95.6 Å². The van der Waals surface area contributed by atoms with Crippen molar-refractivity contribution in [2.75, 3.05) is 0 Å². The first kappa shape index (κ1) is 18.0. The molecule has 1 fully saturated rings. The average molecular weight is 316 g/mol. The maximum atomic E-state index is 11.7. The third kappa shape index (κ3) is 4.83. The van der Waals surface area contributed by atoms with Crippen molar-refractivity contribution in [2.45, 2.75) is 89.9 Å². The van der Waals surface area contributed by atoms with Crippen LogP contribution in [0.25, 0.3) is 0 Å². The van der Waals surface area contributed by atoms with Crippen molar-refractivity contribution in [2.24, 2.45) is 0 Å². The number of carbonyl (C=O) groups excluding carboxylic acids is 1. The first-order valence-corrected chi connectivity index (χ1v) is 9.29. The Hall–Kier alpha value is -1.31. The summed E-state index contributed by atoms with van der Waals surface area (Å²) in [7, 11) is 0. The Morgan fingerprint density at radius 3 is 2.65 bits per heavy atom. The van der Waals surface area contributed by atoms with Crippen molar-refractivity contribution in [1.29, 1.82) is 0 Å². The molecule has 23 heavy (non-hydrogen) atoms. The van der Waals surface area contributed by atoms with Crippen LogP contribution in [-0.2, 0) is 10.2 Å². The summed E-state index contributed by atoms with van der Waals surface area (Å²) in [6, 6.07) is 6.16. The van der Waals surface area contributed by atoms with Crippen LogP contribution in [0.2, 0.25) is 0 Å². The van der Waals surface area contributed by atoms with Gasteiger partial charge in [0.15, 0.2) is 0 Å². The van der Waals surface area contributed by atoms with Crippen LogP contribution < -0.4 is 0 Å². The largest absolute Gasteiger partial charge is 0.508 e. The third-order valence-electron chi connectivity index (χ3n) is 5.39. The molecule has 128 valence electrons. The van der Waals surface area contributed by atoms with E-state index in [-0.39, 0.29) is 11.3 Å². The molecule has 1 unspecified atom stereocenters. The van der Waals surface area contributed by atoms with Gasteiger partial charge in [0, 0.05) is 12.8 Å². The quantitative estimate of drug-likeness (QED) is 0.639. The molecule has 2 rings (SSSR count). The number of unbranched alkanes of at least 4 members (excludes halogenated alkanes) is 3. The number of phenolic OH excluding ortho intramolecular Hbond substituents is 1. The molecule has 0 saturated heterocycles. The van der Waals surface area contributed by atoms with Crippen LogP contribution in [0, 0.1) is 0 Å². The lowest BCUT2D eigenvalue weighted by Gasteiger charge is -2.27. The molecule has 0 heterocycles. The molecule has 0 aromatic heterocycles. The fourth-order valence-electron chi connectivity index (χ4n) is 3.74. The molecule has 1 aromatic rings. The number of phenols is 1. The molecule has 0 amide bonds. The third-order valence-corrected chi connectivity index (χ3v) is 5.39. The van der Waals surface area contributed by atoms with Gasteiger partial charge in [0.05, 0.1) is 0 Å². The number of benzene rings is 1. The van der Waals surface area contributed by atoms with Crippen LogP contribution in [0.4, 0.5) is 0 Å². The lowest BCUT2D eigenvalue weighted by Crippen LogP contribution is -2.18. The van der Waals surface area contributed by atoms with E-state index in [1.165, 1.54) is 31.2 Å². The van der Waals surface area contributed by atoms with Gasteiger partial charge >= 0.3 is 0 Å². The Balaban J connectivity index is 2.07. The van der Waals surface area contributed by atoms with E-state index in [1.54, 1.807) is 0 Å². The molecule has 1 aliphatic carbocycles. The molecule has 1 aromatic carbocycles. The molecule has 2 nitrogen and oxygen atoms in total. The molecule has 0 aliphatic heterocycles. The molecular weight excluding hydrogens is 284 g/mol. The van der Waals surface area contributed by atoms with Crippen molar-refractivity contribution in [3.05, 3.63) is 29.3 Å². The van der Waals surface area contributed by atoms with Gasteiger partial charge in [0.25, 0.3) is 0 Å². The SMILES string of the molecule is CCCCCCC(C)(C)c1ccc(C2CCCC(=O)C2)c(O)c1. The molecule has 0 radical (unpaired) electrons. The smallest absolute Gasteiger partial charge is 0.133 e. The summed E-state index contributed by atoms with van der Waals surface area (Å²) in [6.45, 7) is 6.76. The van der Waals surface area contributed by atoms with E-state index in [1.807, 2.05) is 6.07 Å². The second-order valence-corrected chi connectivity index (χ2v) is 7.80. The van der Waals surface area contributed by atoms with Crippen molar-refractivity contribution >= 4 is 5.78 Å². The molecule has 2 heteroatoms. The molecule has 1 atom stereocenters. The highest BCUT2D eigenvalue weighted by Gasteiger charge is 2.25. The maximum absolute atomic E-state index is 11.7. The van der Waals surface area contributed by atoms with Gasteiger partial charge in [0.2, 0.25) is 0 Å². The van der Waals surface area contributed by atoms with Crippen LogP contribution >= 0.6 is 0 Å². The topological polar surface area (TPSA) is 37.3 Å². The number of aromatic hydroxyl groups is 1. The number of hydrogen-bond acceptors (Lipinski definition) is 2. The highest BCUT2D eigenvalue weighted by atomic mass is 16.3. The monoisotopic (exact) mass is 316 g/mol. The van der Waals surface area contributed by atoms with Crippen molar-refractivity contribution < 1.29 is 9.90 Å². The summed E-state index contributed by atoms with van der Waals surface area (Å²) < 4.78 is 0. The van der Waals surface area contributed by atoms with Gasteiger partial charge in [-0.05, 0) is 47.8 Å². The second kappa shape index (κ2) is 7.99. The summed E-state index contributed by atoms with van der Waals surface area (Å²) >= 11 is 0. The van der Waals surface area contributed by atoms with E-state index in [9.17, 15) is 9.90 Å². The summed E-state index contributed by atoms with van der Waals surface area (Å²) in [5, 5.41) is 10.5. The fraction of sp³-hybridized carbons (Fsp3) is 0.667. The predicted octanol–water partition coefficient (Wildman–Crippen LogP) is 5.87. The standard InChI is InChI=1S/C21H32O2/c1-4-5-6-7-13-21(2,3)17-11-12-19(20(23)15-17)16-9-8-10-18(22)14-16/h11-12,15-16,23H,4-10,13-14H2,1-3H3. The van der Waals surface area contributed by atoms with Gasteiger partial charge in [-0.2, -0.15) is 0 Å².